The monoisotopic (exact) mass is 691 g/mol. The molecule has 0 unspecified atom stereocenters. The van der Waals surface area contributed by atoms with Gasteiger partial charge in [0.05, 0.1) is 37.4 Å². The number of aromatic nitrogens is 2. The summed E-state index contributed by atoms with van der Waals surface area (Å²) in [7, 11) is 2.72. The lowest BCUT2D eigenvalue weighted by Crippen LogP contribution is -2.28. The van der Waals surface area contributed by atoms with E-state index in [0.29, 0.717) is 52.7 Å². The van der Waals surface area contributed by atoms with Crippen LogP contribution in [0.4, 0.5) is 11.4 Å². The molecule has 0 radical (unpaired) electrons. The van der Waals surface area contributed by atoms with Crippen LogP contribution in [0, 0.1) is 22.6 Å². The number of carbonyl (C=O) groups is 1. The Balaban J connectivity index is 1.76. The van der Waals surface area contributed by atoms with Crippen molar-refractivity contribution in [1.82, 2.24) is 4.57 Å². The predicted molar refractivity (Wildman–Crippen MR) is 175 cm³/mol. The fourth-order valence-electron chi connectivity index (χ4n) is 4.62. The van der Waals surface area contributed by atoms with Gasteiger partial charge in [-0.25, -0.2) is 14.6 Å². The van der Waals surface area contributed by atoms with E-state index in [4.69, 9.17) is 14.5 Å². The summed E-state index contributed by atoms with van der Waals surface area (Å²) in [5.74, 6) is 0.674. The van der Waals surface area contributed by atoms with Gasteiger partial charge < -0.3 is 20.2 Å². The van der Waals surface area contributed by atoms with Gasteiger partial charge in [0, 0.05) is 28.8 Å². The molecular weight excluding hydrogens is 665 g/mol. The molecule has 248 valence electrons. The van der Waals surface area contributed by atoms with Crippen molar-refractivity contribution in [3.05, 3.63) is 102 Å². The van der Waals surface area contributed by atoms with Crippen molar-refractivity contribution in [1.29, 1.82) is 0 Å². The van der Waals surface area contributed by atoms with E-state index in [1.807, 2.05) is 47.9 Å². The Morgan fingerprint density at radius 2 is 1.77 bits per heavy atom. The first-order chi connectivity index (χ1) is 23.4. The van der Waals surface area contributed by atoms with E-state index in [2.05, 4.69) is 54.5 Å². The molecule has 0 bridgehead atoms. The van der Waals surface area contributed by atoms with Gasteiger partial charge in [-0.15, -0.1) is 4.57 Å². The standard InChI is InChI=1S/C32H28N4O10S2/c1-6-33-26-12-10-24(22-42-41-5)20-28(26)35(16-18-47-45-43-38)30(33)14-8-23(3)9-15-31-34(7-2)27-13-11-25(32(37)40-4)21-29(27)36(31)17-19-48-46-44-39/h6-15,20-21H,1-2,22H2,3-5H3,(H-,38,39)/p-1. The molecule has 0 aliphatic carbocycles. The first-order valence-electron chi connectivity index (χ1n) is 13.6. The second-order valence-electron chi connectivity index (χ2n) is 9.22. The predicted octanol–water partition coefficient (Wildman–Crippen LogP) is 3.59. The van der Waals surface area contributed by atoms with Crippen molar-refractivity contribution >= 4 is 64.7 Å². The minimum Gasteiger partial charge on any atom is -0.691 e. The summed E-state index contributed by atoms with van der Waals surface area (Å²) in [6.45, 7) is 10.00. The molecule has 0 atom stereocenters. The van der Waals surface area contributed by atoms with Gasteiger partial charge >= 0.3 is 11.8 Å². The van der Waals surface area contributed by atoms with E-state index in [0.717, 1.165) is 22.2 Å². The Hall–Kier alpha value is -4.82. The second-order valence-corrected chi connectivity index (χ2v) is 10.2. The molecule has 48 heavy (non-hydrogen) atoms. The van der Waals surface area contributed by atoms with Gasteiger partial charge in [0.25, 0.3) is 0 Å². The van der Waals surface area contributed by atoms with Crippen LogP contribution in [0.3, 0.4) is 0 Å². The average molecular weight is 692 g/mol. The highest BCUT2D eigenvalue weighted by atomic mass is 32.2. The maximum absolute atomic E-state index is 12.3. The van der Waals surface area contributed by atoms with Crippen LogP contribution in [0.25, 0.3) is 23.3 Å². The maximum atomic E-state index is 12.3. The molecule has 1 aliphatic rings. The van der Waals surface area contributed by atoms with Gasteiger partial charge in [-0.1, -0.05) is 36.9 Å². The molecule has 0 spiro atoms. The quantitative estimate of drug-likeness (QED) is 0.0376. The Labute approximate surface area is 284 Å². The van der Waals surface area contributed by atoms with Crippen LogP contribution in [0.5, 0.6) is 0 Å². The number of carbonyl (C=O) groups excluding carboxylic acids is 1. The minimum atomic E-state index is -0.519. The van der Waals surface area contributed by atoms with Crippen LogP contribution >= 0.6 is 24.1 Å². The molecule has 3 aromatic rings. The van der Waals surface area contributed by atoms with Crippen LogP contribution in [0.1, 0.15) is 28.7 Å². The summed E-state index contributed by atoms with van der Waals surface area (Å²) in [6, 6.07) is 16.5. The van der Waals surface area contributed by atoms with Gasteiger partial charge in [0.1, 0.15) is 42.6 Å². The molecular formula is C32H27N4O10S2-. The van der Waals surface area contributed by atoms with Crippen LogP contribution in [-0.4, -0.2) is 24.8 Å². The normalized spacial score (nSPS) is 13.4. The van der Waals surface area contributed by atoms with E-state index in [-0.39, 0.29) is 6.61 Å². The lowest BCUT2D eigenvalue weighted by Gasteiger charge is -2.17. The Morgan fingerprint density at radius 3 is 2.44 bits per heavy atom. The van der Waals surface area contributed by atoms with Crippen molar-refractivity contribution in [3.8, 4) is 22.6 Å². The zero-order chi connectivity index (χ0) is 34.5. The molecule has 4 rings (SSSR count). The molecule has 16 heteroatoms. The summed E-state index contributed by atoms with van der Waals surface area (Å²) in [6.07, 6.45) is 10.6. The fraction of sp³-hybridized carbons (Fsp3) is 0.125. The van der Waals surface area contributed by atoms with Crippen molar-refractivity contribution in [3.63, 3.8) is 0 Å². The second kappa shape index (κ2) is 17.9. The molecule has 2 aromatic carbocycles. The van der Waals surface area contributed by atoms with E-state index in [9.17, 15) is 15.3 Å². The number of allylic oxidation sites excluding steroid dienone is 4. The zero-order valence-electron chi connectivity index (χ0n) is 25.7. The van der Waals surface area contributed by atoms with Crippen molar-refractivity contribution in [2.75, 3.05) is 24.0 Å². The number of esters is 1. The first-order valence-corrected chi connectivity index (χ1v) is 15.0. The summed E-state index contributed by atoms with van der Waals surface area (Å²) in [5, 5.41) is 32.6. The Bertz CT molecular complexity index is 1900. The molecule has 1 aliphatic heterocycles. The minimum absolute atomic E-state index is 0.206. The molecule has 1 aromatic heterocycles. The number of fused-ring (bicyclic) bond motifs is 2. The van der Waals surface area contributed by atoms with Gasteiger partial charge in [0.2, 0.25) is 0 Å². The number of nitrogens with zero attached hydrogens (tertiary/aromatic N) is 4. The third-order valence-electron chi connectivity index (χ3n) is 6.61. The highest BCUT2D eigenvalue weighted by Crippen LogP contribution is 2.42. The van der Waals surface area contributed by atoms with Crippen molar-refractivity contribution in [2.45, 2.75) is 13.5 Å². The van der Waals surface area contributed by atoms with Crippen LogP contribution < -0.4 is 24.9 Å². The number of anilines is 2. The maximum Gasteiger partial charge on any atom is 0.337 e. The summed E-state index contributed by atoms with van der Waals surface area (Å²) < 4.78 is 17.0. The van der Waals surface area contributed by atoms with Crippen LogP contribution in [0.15, 0.2) is 85.4 Å². The van der Waals surface area contributed by atoms with Crippen LogP contribution in [0.2, 0.25) is 0 Å². The SMILES string of the molecule is C=CN1/C(=C/C=C(C)\C=C\c2n(C#CSOO[O-])c3cc(COOC)ccc3[n+]2C=C)N(C#CSOO[O-])c2cc(C(=O)OC)ccc21. The highest BCUT2D eigenvalue weighted by Gasteiger charge is 2.30. The van der Waals surface area contributed by atoms with Gasteiger partial charge in [-0.05, 0) is 48.9 Å². The van der Waals surface area contributed by atoms with Gasteiger partial charge in [-0.2, -0.15) is 13.2 Å². The molecule has 0 saturated carbocycles. The molecule has 14 nitrogen and oxygen atoms in total. The number of ether oxygens (including phenoxy) is 1. The van der Waals surface area contributed by atoms with Crippen molar-refractivity contribution < 1.29 is 53.1 Å². The Kier molecular flexibility index (Phi) is 13.4. The average Bonchev–Trinajstić information content (AvgIpc) is 3.58. The molecule has 2 heterocycles. The molecule has 0 N–H and O–H groups in total. The van der Waals surface area contributed by atoms with E-state index < -0.39 is 5.97 Å². The number of imidazole rings is 1. The largest absolute Gasteiger partial charge is 0.691 e. The van der Waals surface area contributed by atoms with E-state index in [1.165, 1.54) is 14.2 Å². The molecule has 0 fully saturated rings. The highest BCUT2D eigenvalue weighted by molar-refractivity contribution is 7.99. The third kappa shape index (κ3) is 8.36. The molecule has 0 amide bonds. The lowest BCUT2D eigenvalue weighted by atomic mass is 10.1. The number of methoxy groups -OCH3 is 1. The lowest BCUT2D eigenvalue weighted by molar-refractivity contribution is -0.777. The van der Waals surface area contributed by atoms with Gasteiger partial charge in [-0.3, -0.25) is 15.0 Å². The van der Waals surface area contributed by atoms with Crippen molar-refractivity contribution in [2.24, 2.45) is 0 Å². The number of hydrogen-bond donors (Lipinski definition) is 0. The van der Waals surface area contributed by atoms with E-state index in [1.54, 1.807) is 51.0 Å². The third-order valence-corrected chi connectivity index (χ3v) is 7.21. The summed E-state index contributed by atoms with van der Waals surface area (Å²) >= 11 is 1.02. The summed E-state index contributed by atoms with van der Waals surface area (Å²) in [5.41, 5.74) is 4.73. The van der Waals surface area contributed by atoms with E-state index >= 15 is 0 Å². The fourth-order valence-corrected chi connectivity index (χ4v) is 5.00. The topological polar surface area (TPSA) is 143 Å². The first kappa shape index (κ1) is 36.0. The van der Waals surface area contributed by atoms with Gasteiger partial charge in [0.15, 0.2) is 11.0 Å². The zero-order valence-corrected chi connectivity index (χ0v) is 27.4. The molecule has 0 saturated heterocycles. The Morgan fingerprint density at radius 1 is 1.02 bits per heavy atom. The smallest absolute Gasteiger partial charge is 0.337 e. The summed E-state index contributed by atoms with van der Waals surface area (Å²) in [4.78, 5) is 25.5. The van der Waals surface area contributed by atoms with Crippen LogP contribution in [-0.2, 0) is 39.9 Å². The number of hydrogen-bond acceptors (Lipinski definition) is 14. The number of rotatable bonds is 13. The number of benzene rings is 2.